The van der Waals surface area contributed by atoms with E-state index < -0.39 is 0 Å². The van der Waals surface area contributed by atoms with Crippen LogP contribution in [0.25, 0.3) is 16.5 Å². The number of aromatic nitrogens is 1. The van der Waals surface area contributed by atoms with E-state index in [9.17, 15) is 9.18 Å². The van der Waals surface area contributed by atoms with Gasteiger partial charge >= 0.3 is 0 Å². The second-order valence-electron chi connectivity index (χ2n) is 6.89. The van der Waals surface area contributed by atoms with E-state index in [4.69, 9.17) is 0 Å². The molecule has 2 aromatic carbocycles. The molecule has 0 fully saturated rings. The summed E-state index contributed by atoms with van der Waals surface area (Å²) in [6, 6.07) is 12.6. The minimum Gasteiger partial charge on any atom is -0.360 e. The number of nitrogens with one attached hydrogen (secondary N) is 2. The molecule has 27 heavy (non-hydrogen) atoms. The average Bonchev–Trinajstić information content (AvgIpc) is 3.11. The van der Waals surface area contributed by atoms with E-state index in [1.54, 1.807) is 7.05 Å². The normalized spacial score (nSPS) is 15.0. The first-order chi connectivity index (χ1) is 13.1. The van der Waals surface area contributed by atoms with E-state index in [0.29, 0.717) is 5.56 Å². The number of benzene rings is 2. The molecule has 2 N–H and O–H groups in total. The number of H-pyrrole nitrogens is 1. The van der Waals surface area contributed by atoms with Crippen molar-refractivity contribution in [2.45, 2.75) is 13.0 Å². The van der Waals surface area contributed by atoms with Gasteiger partial charge in [0.15, 0.2) is 0 Å². The number of fused-ring (bicyclic) bond motifs is 1. The van der Waals surface area contributed by atoms with E-state index in [1.807, 2.05) is 30.5 Å². The van der Waals surface area contributed by atoms with Crippen LogP contribution in [0, 0.1) is 5.82 Å². The molecule has 4 rings (SSSR count). The van der Waals surface area contributed by atoms with Gasteiger partial charge in [0.1, 0.15) is 5.82 Å². The molecule has 5 heteroatoms. The first-order valence-electron chi connectivity index (χ1n) is 9.13. The Kier molecular flexibility index (Phi) is 4.77. The molecule has 4 nitrogen and oxygen atoms in total. The predicted molar refractivity (Wildman–Crippen MR) is 106 cm³/mol. The van der Waals surface area contributed by atoms with Gasteiger partial charge in [-0.05, 0) is 47.9 Å². The molecule has 0 saturated heterocycles. The van der Waals surface area contributed by atoms with Gasteiger partial charge in [-0.15, -0.1) is 0 Å². The maximum absolute atomic E-state index is 13.4. The van der Waals surface area contributed by atoms with E-state index in [0.717, 1.165) is 48.1 Å². The number of halogens is 1. The number of carbonyl (C=O) groups is 1. The zero-order chi connectivity index (χ0) is 18.8. The maximum Gasteiger partial charge on any atom is 0.251 e. The Hall–Kier alpha value is -2.92. The zero-order valence-electron chi connectivity index (χ0n) is 15.3. The summed E-state index contributed by atoms with van der Waals surface area (Å²) in [6.07, 6.45) is 5.16. The van der Waals surface area contributed by atoms with Crippen molar-refractivity contribution >= 4 is 22.4 Å². The summed E-state index contributed by atoms with van der Waals surface area (Å²) in [6.45, 7) is 2.62. The first kappa shape index (κ1) is 17.5. The van der Waals surface area contributed by atoms with Gasteiger partial charge in [0, 0.05) is 54.9 Å². The molecule has 1 amide bonds. The second-order valence-corrected chi connectivity index (χ2v) is 6.89. The Morgan fingerprint density at radius 2 is 2.15 bits per heavy atom. The van der Waals surface area contributed by atoms with Crippen LogP contribution < -0.4 is 5.32 Å². The molecular formula is C22H22FN3O. The molecule has 0 atom stereocenters. The van der Waals surface area contributed by atoms with Crippen molar-refractivity contribution in [1.82, 2.24) is 15.2 Å². The summed E-state index contributed by atoms with van der Waals surface area (Å²) >= 11 is 0. The number of aromatic amines is 1. The highest BCUT2D eigenvalue weighted by molar-refractivity contribution is 5.94. The van der Waals surface area contributed by atoms with Crippen LogP contribution in [0.5, 0.6) is 0 Å². The molecule has 3 aromatic rings. The quantitative estimate of drug-likeness (QED) is 0.737. The van der Waals surface area contributed by atoms with Crippen LogP contribution in [-0.2, 0) is 6.54 Å². The topological polar surface area (TPSA) is 48.1 Å². The lowest BCUT2D eigenvalue weighted by molar-refractivity contribution is 0.0963. The average molecular weight is 363 g/mol. The number of amides is 1. The molecule has 0 radical (unpaired) electrons. The minimum absolute atomic E-state index is 0.0616. The lowest BCUT2D eigenvalue weighted by atomic mass is 9.98. The Bertz CT molecular complexity index is 1020. The van der Waals surface area contributed by atoms with Gasteiger partial charge in [0.25, 0.3) is 5.91 Å². The van der Waals surface area contributed by atoms with Crippen molar-refractivity contribution in [3.05, 3.63) is 77.2 Å². The van der Waals surface area contributed by atoms with E-state index in [1.165, 1.54) is 17.7 Å². The summed E-state index contributed by atoms with van der Waals surface area (Å²) in [4.78, 5) is 17.3. The van der Waals surface area contributed by atoms with Crippen LogP contribution in [0.1, 0.15) is 27.9 Å². The first-order valence-corrected chi connectivity index (χ1v) is 9.13. The van der Waals surface area contributed by atoms with Crippen molar-refractivity contribution in [2.75, 3.05) is 20.1 Å². The van der Waals surface area contributed by atoms with Crippen molar-refractivity contribution < 1.29 is 9.18 Å². The summed E-state index contributed by atoms with van der Waals surface area (Å²) in [5.41, 5.74) is 5.11. The van der Waals surface area contributed by atoms with Gasteiger partial charge in [-0.3, -0.25) is 9.69 Å². The number of nitrogens with zero attached hydrogens (tertiary/aromatic N) is 1. The van der Waals surface area contributed by atoms with Gasteiger partial charge in [0.2, 0.25) is 0 Å². The fourth-order valence-corrected chi connectivity index (χ4v) is 3.68. The van der Waals surface area contributed by atoms with E-state index in [-0.39, 0.29) is 11.7 Å². The fourth-order valence-electron chi connectivity index (χ4n) is 3.68. The van der Waals surface area contributed by atoms with Gasteiger partial charge in [0.05, 0.1) is 0 Å². The van der Waals surface area contributed by atoms with Crippen LogP contribution in [0.4, 0.5) is 4.39 Å². The Morgan fingerprint density at radius 1 is 1.26 bits per heavy atom. The molecule has 0 saturated carbocycles. The summed E-state index contributed by atoms with van der Waals surface area (Å²) in [7, 11) is 1.64. The lowest BCUT2D eigenvalue weighted by Crippen LogP contribution is -2.28. The molecule has 2 heterocycles. The Labute approximate surface area is 157 Å². The van der Waals surface area contributed by atoms with Crippen LogP contribution >= 0.6 is 0 Å². The highest BCUT2D eigenvalue weighted by Crippen LogP contribution is 2.30. The molecule has 138 valence electrons. The van der Waals surface area contributed by atoms with Gasteiger partial charge < -0.3 is 10.3 Å². The highest BCUT2D eigenvalue weighted by atomic mass is 19.1. The summed E-state index contributed by atoms with van der Waals surface area (Å²) in [5, 5.41) is 3.73. The molecule has 0 unspecified atom stereocenters. The SMILES string of the molecule is CNC(=O)c1cccc(CN2CC=C(c3c[nH]c4cc(F)ccc34)CC2)c1. The standard InChI is InChI=1S/C22H22FN3O/c1-24-22(27)17-4-2-3-15(11-17)14-26-9-7-16(8-10-26)20-13-25-21-12-18(23)5-6-19(20)21/h2-7,11-13,25H,8-10,14H2,1H3,(H,24,27). The highest BCUT2D eigenvalue weighted by Gasteiger charge is 2.16. The Morgan fingerprint density at radius 3 is 2.93 bits per heavy atom. The smallest absolute Gasteiger partial charge is 0.251 e. The van der Waals surface area contributed by atoms with Crippen LogP contribution in [0.15, 0.2) is 54.7 Å². The number of hydrogen-bond acceptors (Lipinski definition) is 2. The van der Waals surface area contributed by atoms with Crippen molar-refractivity contribution in [3.63, 3.8) is 0 Å². The zero-order valence-corrected chi connectivity index (χ0v) is 15.3. The molecule has 1 aliphatic heterocycles. The van der Waals surface area contributed by atoms with Gasteiger partial charge in [-0.2, -0.15) is 0 Å². The largest absolute Gasteiger partial charge is 0.360 e. The molecule has 0 bridgehead atoms. The lowest BCUT2D eigenvalue weighted by Gasteiger charge is -2.26. The fraction of sp³-hybridized carbons (Fsp3) is 0.227. The van der Waals surface area contributed by atoms with Crippen LogP contribution in [0.2, 0.25) is 0 Å². The molecule has 0 spiro atoms. The molecule has 0 aliphatic carbocycles. The van der Waals surface area contributed by atoms with Crippen molar-refractivity contribution in [1.29, 1.82) is 0 Å². The third-order valence-corrected chi connectivity index (χ3v) is 5.11. The molecular weight excluding hydrogens is 341 g/mol. The van der Waals surface area contributed by atoms with E-state index >= 15 is 0 Å². The minimum atomic E-state index is -0.223. The van der Waals surface area contributed by atoms with E-state index in [2.05, 4.69) is 27.3 Å². The van der Waals surface area contributed by atoms with Crippen LogP contribution in [-0.4, -0.2) is 35.9 Å². The third-order valence-electron chi connectivity index (χ3n) is 5.11. The number of rotatable bonds is 4. The monoisotopic (exact) mass is 363 g/mol. The summed E-state index contributed by atoms with van der Waals surface area (Å²) < 4.78 is 13.4. The van der Waals surface area contributed by atoms with Gasteiger partial charge in [-0.25, -0.2) is 4.39 Å². The third kappa shape index (κ3) is 3.64. The second kappa shape index (κ2) is 7.37. The van der Waals surface area contributed by atoms with Gasteiger partial charge in [-0.1, -0.05) is 18.2 Å². The number of carbonyl (C=O) groups excluding carboxylic acids is 1. The van der Waals surface area contributed by atoms with Crippen molar-refractivity contribution in [3.8, 4) is 0 Å². The molecule has 1 aromatic heterocycles. The maximum atomic E-state index is 13.4. The van der Waals surface area contributed by atoms with Crippen LogP contribution in [0.3, 0.4) is 0 Å². The predicted octanol–water partition coefficient (Wildman–Crippen LogP) is 3.96. The molecule has 1 aliphatic rings. The summed E-state index contributed by atoms with van der Waals surface area (Å²) in [5.74, 6) is -0.285. The Balaban J connectivity index is 1.48. The number of hydrogen-bond donors (Lipinski definition) is 2. The van der Waals surface area contributed by atoms with Crippen molar-refractivity contribution in [2.24, 2.45) is 0 Å².